The van der Waals surface area contributed by atoms with Gasteiger partial charge in [-0.2, -0.15) is 0 Å². The standard InChI is InChI=1S/C15H19BrO7/c1-19-13(18)7-6-8-10(14-22-4-5-23-14)11(16)9(7)12(17)15(8,20-2)21-3/h7-9,14H,4-6H2,1-3H3/t7-,8-,9-/m1/s1. The molecule has 3 atom stereocenters. The molecule has 7 nitrogen and oxygen atoms in total. The van der Waals surface area contributed by atoms with E-state index in [1.54, 1.807) is 0 Å². The fraction of sp³-hybridized carbons (Fsp3) is 0.733. The lowest BCUT2D eigenvalue weighted by molar-refractivity contribution is -0.246. The van der Waals surface area contributed by atoms with Gasteiger partial charge in [-0.25, -0.2) is 0 Å². The molecular formula is C15H19BrO7. The topological polar surface area (TPSA) is 80.3 Å². The van der Waals surface area contributed by atoms with Crippen molar-refractivity contribution in [3.05, 3.63) is 10.1 Å². The van der Waals surface area contributed by atoms with Crippen LogP contribution in [0.2, 0.25) is 0 Å². The molecule has 0 aromatic heterocycles. The van der Waals surface area contributed by atoms with E-state index in [0.717, 1.165) is 5.57 Å². The first-order valence-electron chi connectivity index (χ1n) is 7.36. The zero-order valence-corrected chi connectivity index (χ0v) is 14.8. The molecular weight excluding hydrogens is 372 g/mol. The lowest BCUT2D eigenvalue weighted by atomic mass is 9.61. The summed E-state index contributed by atoms with van der Waals surface area (Å²) in [5.41, 5.74) is 0.774. The summed E-state index contributed by atoms with van der Waals surface area (Å²) in [5.74, 6) is -3.93. The maximum absolute atomic E-state index is 13.0. The summed E-state index contributed by atoms with van der Waals surface area (Å²) in [4.78, 5) is 25.1. The van der Waals surface area contributed by atoms with Crippen LogP contribution in [0, 0.1) is 17.8 Å². The number of halogens is 1. The van der Waals surface area contributed by atoms with Crippen LogP contribution in [0.4, 0.5) is 0 Å². The molecule has 2 fully saturated rings. The molecule has 0 radical (unpaired) electrons. The lowest BCUT2D eigenvalue weighted by Gasteiger charge is -2.51. The molecule has 0 unspecified atom stereocenters. The number of ketones is 1. The van der Waals surface area contributed by atoms with Gasteiger partial charge in [-0.05, 0) is 6.42 Å². The zero-order valence-electron chi connectivity index (χ0n) is 13.2. The second kappa shape index (κ2) is 6.25. The van der Waals surface area contributed by atoms with Gasteiger partial charge in [0.2, 0.25) is 11.6 Å². The van der Waals surface area contributed by atoms with Crippen molar-refractivity contribution in [2.45, 2.75) is 18.5 Å². The van der Waals surface area contributed by atoms with E-state index in [1.807, 2.05) is 0 Å². The Hall–Kier alpha value is -0.800. The molecule has 1 saturated carbocycles. The first-order chi connectivity index (χ1) is 11.0. The first-order valence-corrected chi connectivity index (χ1v) is 8.16. The van der Waals surface area contributed by atoms with E-state index in [0.29, 0.717) is 24.1 Å². The average molecular weight is 391 g/mol. The fourth-order valence-corrected chi connectivity index (χ4v) is 4.84. The zero-order chi connectivity index (χ0) is 16.8. The van der Waals surface area contributed by atoms with Crippen molar-refractivity contribution in [2.24, 2.45) is 17.8 Å². The molecule has 3 aliphatic carbocycles. The van der Waals surface area contributed by atoms with E-state index in [-0.39, 0.29) is 5.78 Å². The van der Waals surface area contributed by atoms with Gasteiger partial charge in [-0.3, -0.25) is 9.59 Å². The molecule has 0 spiro atoms. The van der Waals surface area contributed by atoms with Gasteiger partial charge < -0.3 is 23.7 Å². The van der Waals surface area contributed by atoms with E-state index < -0.39 is 35.8 Å². The molecule has 23 heavy (non-hydrogen) atoms. The SMILES string of the molecule is COC(=O)[C@@H]1C[C@@H]2C(C3OCCO3)=C(Br)[C@@H]1C(=O)C2(OC)OC. The number of carbonyl (C=O) groups is 2. The number of fused-ring (bicyclic) bond motifs is 2. The van der Waals surface area contributed by atoms with Gasteiger partial charge in [-0.1, -0.05) is 15.9 Å². The highest BCUT2D eigenvalue weighted by Crippen LogP contribution is 2.56. The number of allylic oxidation sites excluding steroid dienone is 1. The van der Waals surface area contributed by atoms with Gasteiger partial charge in [0.1, 0.15) is 0 Å². The molecule has 0 N–H and O–H groups in total. The number of methoxy groups -OCH3 is 3. The smallest absolute Gasteiger partial charge is 0.309 e. The van der Waals surface area contributed by atoms with Crippen molar-refractivity contribution in [3.63, 3.8) is 0 Å². The van der Waals surface area contributed by atoms with Crippen LogP contribution in [-0.4, -0.2) is 58.4 Å². The number of rotatable bonds is 4. The van der Waals surface area contributed by atoms with Crippen molar-refractivity contribution >= 4 is 27.7 Å². The summed E-state index contributed by atoms with van der Waals surface area (Å²) in [6.45, 7) is 0.959. The van der Waals surface area contributed by atoms with Gasteiger partial charge in [0.15, 0.2) is 6.29 Å². The molecule has 128 valence electrons. The van der Waals surface area contributed by atoms with Crippen molar-refractivity contribution in [1.29, 1.82) is 0 Å². The van der Waals surface area contributed by atoms with Gasteiger partial charge in [0, 0.05) is 30.2 Å². The summed E-state index contributed by atoms with van der Waals surface area (Å²) in [7, 11) is 4.17. The van der Waals surface area contributed by atoms with Crippen molar-refractivity contribution in [3.8, 4) is 0 Å². The molecule has 8 heteroatoms. The molecule has 1 heterocycles. The number of ether oxygens (including phenoxy) is 5. The summed E-state index contributed by atoms with van der Waals surface area (Å²) < 4.78 is 27.7. The second-order valence-corrected chi connectivity index (χ2v) is 6.57. The minimum atomic E-state index is -1.43. The molecule has 4 rings (SSSR count). The van der Waals surface area contributed by atoms with Crippen LogP contribution in [0.5, 0.6) is 0 Å². The Morgan fingerprint density at radius 3 is 2.35 bits per heavy atom. The van der Waals surface area contributed by atoms with E-state index in [9.17, 15) is 9.59 Å². The van der Waals surface area contributed by atoms with Crippen LogP contribution in [-0.2, 0) is 33.3 Å². The number of Topliss-reactive ketones (excluding diaryl/α,β-unsaturated/α-hetero) is 1. The fourth-order valence-electron chi connectivity index (χ4n) is 3.85. The average Bonchev–Trinajstić information content (AvgIpc) is 3.08. The molecule has 0 amide bonds. The van der Waals surface area contributed by atoms with E-state index in [4.69, 9.17) is 23.7 Å². The summed E-state index contributed by atoms with van der Waals surface area (Å²) >= 11 is 3.49. The van der Waals surface area contributed by atoms with Crippen LogP contribution in [0.15, 0.2) is 10.1 Å². The number of hydrogen-bond donors (Lipinski definition) is 0. The summed E-state index contributed by atoms with van der Waals surface area (Å²) in [6.07, 6.45) is -0.188. The Bertz CT molecular complexity index is 548. The molecule has 4 aliphatic rings. The maximum atomic E-state index is 13.0. The number of esters is 1. The monoisotopic (exact) mass is 390 g/mol. The highest BCUT2D eigenvalue weighted by molar-refractivity contribution is 9.11. The summed E-state index contributed by atoms with van der Waals surface area (Å²) in [6, 6.07) is 0. The van der Waals surface area contributed by atoms with Crippen molar-refractivity contribution in [2.75, 3.05) is 34.5 Å². The minimum Gasteiger partial charge on any atom is -0.469 e. The Balaban J connectivity index is 2.10. The Labute approximate surface area is 142 Å². The first kappa shape index (κ1) is 17.0. The largest absolute Gasteiger partial charge is 0.469 e. The van der Waals surface area contributed by atoms with E-state index in [2.05, 4.69) is 15.9 Å². The lowest BCUT2D eigenvalue weighted by Crippen LogP contribution is -2.63. The Kier molecular flexibility index (Phi) is 4.63. The molecule has 1 aliphatic heterocycles. The molecule has 1 saturated heterocycles. The summed E-state index contributed by atoms with van der Waals surface area (Å²) in [5, 5.41) is 0. The highest BCUT2D eigenvalue weighted by atomic mass is 79.9. The highest BCUT2D eigenvalue weighted by Gasteiger charge is 2.65. The van der Waals surface area contributed by atoms with Crippen LogP contribution >= 0.6 is 15.9 Å². The normalized spacial score (nSPS) is 33.4. The van der Waals surface area contributed by atoms with Gasteiger partial charge in [0.05, 0.1) is 32.2 Å². The van der Waals surface area contributed by atoms with Crippen LogP contribution in [0.3, 0.4) is 0 Å². The van der Waals surface area contributed by atoms with Crippen LogP contribution in [0.1, 0.15) is 6.42 Å². The number of carbonyl (C=O) groups excluding carboxylic acids is 2. The van der Waals surface area contributed by atoms with Crippen molar-refractivity contribution < 1.29 is 33.3 Å². The quantitative estimate of drug-likeness (QED) is 0.523. The predicted molar refractivity (Wildman–Crippen MR) is 80.5 cm³/mol. The Morgan fingerprint density at radius 2 is 1.83 bits per heavy atom. The second-order valence-electron chi connectivity index (χ2n) is 5.71. The molecule has 2 bridgehead atoms. The van der Waals surface area contributed by atoms with Crippen molar-refractivity contribution in [1.82, 2.24) is 0 Å². The molecule has 0 aromatic rings. The van der Waals surface area contributed by atoms with E-state index in [1.165, 1.54) is 21.3 Å². The van der Waals surface area contributed by atoms with E-state index >= 15 is 0 Å². The maximum Gasteiger partial charge on any atom is 0.309 e. The van der Waals surface area contributed by atoms with Crippen LogP contribution in [0.25, 0.3) is 0 Å². The third-order valence-corrected chi connectivity index (χ3v) is 5.84. The minimum absolute atomic E-state index is 0.289. The predicted octanol–water partition coefficient (Wildman–Crippen LogP) is 1.01. The Morgan fingerprint density at radius 1 is 1.22 bits per heavy atom. The van der Waals surface area contributed by atoms with Crippen LogP contribution < -0.4 is 0 Å². The number of hydrogen-bond acceptors (Lipinski definition) is 7. The van der Waals surface area contributed by atoms with Gasteiger partial charge in [-0.15, -0.1) is 0 Å². The third-order valence-electron chi connectivity index (χ3n) is 4.89. The third kappa shape index (κ3) is 2.31. The van der Waals surface area contributed by atoms with Gasteiger partial charge >= 0.3 is 5.97 Å². The molecule has 0 aromatic carbocycles. The van der Waals surface area contributed by atoms with Gasteiger partial charge in [0.25, 0.3) is 0 Å².